The monoisotopic (exact) mass is 485 g/mol. The molecule has 3 aromatic rings. The molecule has 168 valence electrons. The van der Waals surface area contributed by atoms with E-state index in [1.165, 1.54) is 16.7 Å². The zero-order chi connectivity index (χ0) is 23.2. The zero-order valence-electron chi connectivity index (χ0n) is 17.2. The molecule has 1 N–H and O–H groups in total. The first-order valence-electron chi connectivity index (χ1n) is 10.2. The minimum Gasteiger partial charge on any atom is -0.305 e. The van der Waals surface area contributed by atoms with Gasteiger partial charge in [0.1, 0.15) is 11.6 Å². The summed E-state index contributed by atoms with van der Waals surface area (Å²) in [7, 11) is 0. The lowest BCUT2D eigenvalue weighted by Crippen LogP contribution is -2.51. The highest BCUT2D eigenvalue weighted by Gasteiger charge is 2.59. The average molecular weight is 486 g/mol. The molecule has 5 rings (SSSR count). The number of nitrogens with zero attached hydrogens (tertiary/aromatic N) is 2. The lowest BCUT2D eigenvalue weighted by Gasteiger charge is -2.33. The Morgan fingerprint density at radius 3 is 2.64 bits per heavy atom. The zero-order valence-corrected chi connectivity index (χ0v) is 18.8. The second-order valence-corrected chi connectivity index (χ2v) is 9.39. The summed E-state index contributed by atoms with van der Waals surface area (Å²) in [6.45, 7) is 0.541. The molecule has 1 fully saturated rings. The van der Waals surface area contributed by atoms with Crippen LogP contribution in [0.1, 0.15) is 11.1 Å². The first kappa shape index (κ1) is 21.7. The lowest BCUT2D eigenvalue weighted by molar-refractivity contribution is -0.123. The Balaban J connectivity index is 1.51. The number of halogens is 3. The number of rotatable bonds is 3. The van der Waals surface area contributed by atoms with E-state index in [1.807, 2.05) is 42.5 Å². The molecule has 2 aliphatic heterocycles. The second-order valence-electron chi connectivity index (χ2n) is 7.70. The van der Waals surface area contributed by atoms with Gasteiger partial charge in [-0.15, -0.1) is 11.8 Å². The van der Waals surface area contributed by atoms with Gasteiger partial charge in [0.25, 0.3) is 5.91 Å². The molecule has 0 bridgehead atoms. The van der Waals surface area contributed by atoms with Crippen LogP contribution in [0.15, 0.2) is 66.7 Å². The van der Waals surface area contributed by atoms with Gasteiger partial charge in [0.05, 0.1) is 17.9 Å². The van der Waals surface area contributed by atoms with Crippen molar-refractivity contribution in [2.24, 2.45) is 0 Å². The molecule has 1 saturated heterocycles. The van der Waals surface area contributed by atoms with Crippen molar-refractivity contribution >= 4 is 46.7 Å². The molecule has 0 aliphatic carbocycles. The molecule has 33 heavy (non-hydrogen) atoms. The number of benzene rings is 3. The fourth-order valence-electron chi connectivity index (χ4n) is 4.30. The molecule has 1 spiro atoms. The molecule has 0 saturated carbocycles. The van der Waals surface area contributed by atoms with Crippen LogP contribution in [0.3, 0.4) is 0 Å². The van der Waals surface area contributed by atoms with Crippen LogP contribution in [0.4, 0.5) is 25.0 Å². The summed E-state index contributed by atoms with van der Waals surface area (Å²) in [6.07, 6.45) is 0. The number of para-hydroxylation sites is 1. The number of urea groups is 1. The average Bonchev–Trinajstić information content (AvgIpc) is 3.34. The number of nitrogens with one attached hydrogen (secondary N) is 1. The number of amides is 3. The number of thioether (sulfide) groups is 1. The summed E-state index contributed by atoms with van der Waals surface area (Å²) in [4.78, 5) is 28.9. The molecule has 1 atom stereocenters. The van der Waals surface area contributed by atoms with Crippen LogP contribution < -0.4 is 10.2 Å². The van der Waals surface area contributed by atoms with Crippen molar-refractivity contribution in [1.29, 1.82) is 0 Å². The van der Waals surface area contributed by atoms with Crippen molar-refractivity contribution in [2.75, 3.05) is 22.5 Å². The van der Waals surface area contributed by atoms with E-state index in [1.54, 1.807) is 11.0 Å². The molecule has 3 amide bonds. The van der Waals surface area contributed by atoms with E-state index < -0.39 is 22.5 Å². The van der Waals surface area contributed by atoms with E-state index in [0.717, 1.165) is 17.7 Å². The van der Waals surface area contributed by atoms with Gasteiger partial charge in [-0.05, 0) is 29.8 Å². The van der Waals surface area contributed by atoms with Crippen molar-refractivity contribution < 1.29 is 18.4 Å². The standard InChI is InChI=1S/C24H18ClF2N3O2S/c25-18-7-3-1-5-15(18)14-29-21-8-4-2-6-17(21)24(22(29)31)30(11-12-33-24)23(32)28-20-10-9-16(26)13-19(20)27/h1-10,13H,11-12,14H2,(H,28,32)/t24-/m1/s1. The van der Waals surface area contributed by atoms with Gasteiger partial charge in [-0.2, -0.15) is 0 Å². The van der Waals surface area contributed by atoms with Crippen LogP contribution in [0.5, 0.6) is 0 Å². The maximum absolute atomic E-state index is 14.2. The van der Waals surface area contributed by atoms with E-state index >= 15 is 0 Å². The van der Waals surface area contributed by atoms with Crippen LogP contribution >= 0.6 is 23.4 Å². The molecule has 2 aliphatic rings. The molecule has 0 aromatic heterocycles. The van der Waals surface area contributed by atoms with E-state index in [2.05, 4.69) is 5.32 Å². The highest BCUT2D eigenvalue weighted by atomic mass is 35.5. The van der Waals surface area contributed by atoms with Gasteiger partial charge in [0, 0.05) is 29.0 Å². The van der Waals surface area contributed by atoms with Gasteiger partial charge in [0.15, 0.2) is 4.87 Å². The number of hydrogen-bond acceptors (Lipinski definition) is 3. The number of anilines is 2. The van der Waals surface area contributed by atoms with Gasteiger partial charge in [-0.3, -0.25) is 9.69 Å². The van der Waals surface area contributed by atoms with Gasteiger partial charge in [-0.25, -0.2) is 13.6 Å². The fourth-order valence-corrected chi connectivity index (χ4v) is 5.95. The fraction of sp³-hybridized carbons (Fsp3) is 0.167. The number of hydrogen-bond donors (Lipinski definition) is 1. The van der Waals surface area contributed by atoms with Crippen molar-refractivity contribution in [3.05, 3.63) is 94.5 Å². The summed E-state index contributed by atoms with van der Waals surface area (Å²) in [6, 6.07) is 16.9. The minimum absolute atomic E-state index is 0.153. The van der Waals surface area contributed by atoms with Crippen molar-refractivity contribution in [3.8, 4) is 0 Å². The molecule has 2 heterocycles. The van der Waals surface area contributed by atoms with Crippen molar-refractivity contribution in [3.63, 3.8) is 0 Å². The predicted molar refractivity (Wildman–Crippen MR) is 125 cm³/mol. The number of carbonyl (C=O) groups excluding carboxylic acids is 2. The Hall–Kier alpha value is -3.10. The molecule has 5 nitrogen and oxygen atoms in total. The Morgan fingerprint density at radius 1 is 1.09 bits per heavy atom. The maximum Gasteiger partial charge on any atom is 0.323 e. The summed E-state index contributed by atoms with van der Waals surface area (Å²) in [5, 5.41) is 3.04. The van der Waals surface area contributed by atoms with Crippen LogP contribution in [-0.2, 0) is 16.2 Å². The van der Waals surface area contributed by atoms with E-state index in [0.29, 0.717) is 34.6 Å². The third kappa shape index (κ3) is 3.54. The normalized spacial score (nSPS) is 19.3. The Morgan fingerprint density at radius 2 is 1.85 bits per heavy atom. The summed E-state index contributed by atoms with van der Waals surface area (Å²) in [5.74, 6) is -1.36. The third-order valence-electron chi connectivity index (χ3n) is 5.81. The maximum atomic E-state index is 14.2. The number of carbonyl (C=O) groups is 2. The van der Waals surface area contributed by atoms with Crippen molar-refractivity contribution in [2.45, 2.75) is 11.4 Å². The van der Waals surface area contributed by atoms with E-state index in [4.69, 9.17) is 11.6 Å². The van der Waals surface area contributed by atoms with Crippen molar-refractivity contribution in [1.82, 2.24) is 4.90 Å². The van der Waals surface area contributed by atoms with Crippen LogP contribution in [-0.4, -0.2) is 29.1 Å². The lowest BCUT2D eigenvalue weighted by atomic mass is 10.1. The van der Waals surface area contributed by atoms with Crippen LogP contribution in [0, 0.1) is 11.6 Å². The summed E-state index contributed by atoms with van der Waals surface area (Å²) >= 11 is 7.71. The molecule has 9 heteroatoms. The Kier molecular flexibility index (Phi) is 5.50. The molecular weight excluding hydrogens is 468 g/mol. The Labute approximate surface area is 198 Å². The molecular formula is C24H18ClF2N3O2S. The predicted octanol–water partition coefficient (Wildman–Crippen LogP) is 5.60. The summed E-state index contributed by atoms with van der Waals surface area (Å²) < 4.78 is 27.4. The molecule has 0 radical (unpaired) electrons. The smallest absolute Gasteiger partial charge is 0.305 e. The minimum atomic E-state index is -1.28. The van der Waals surface area contributed by atoms with Crippen LogP contribution in [0.2, 0.25) is 5.02 Å². The third-order valence-corrected chi connectivity index (χ3v) is 7.59. The van der Waals surface area contributed by atoms with Gasteiger partial charge >= 0.3 is 6.03 Å². The molecule has 3 aromatic carbocycles. The van der Waals surface area contributed by atoms with Crippen LogP contribution in [0.25, 0.3) is 0 Å². The number of fused-ring (bicyclic) bond motifs is 2. The second kappa shape index (κ2) is 8.35. The summed E-state index contributed by atoms with van der Waals surface area (Å²) in [5.41, 5.74) is 2.02. The highest BCUT2D eigenvalue weighted by molar-refractivity contribution is 8.01. The first-order valence-corrected chi connectivity index (χ1v) is 11.6. The Bertz CT molecular complexity index is 1270. The highest BCUT2D eigenvalue weighted by Crippen LogP contribution is 2.54. The molecule has 0 unspecified atom stereocenters. The van der Waals surface area contributed by atoms with Gasteiger partial charge in [-0.1, -0.05) is 48.0 Å². The topological polar surface area (TPSA) is 52.7 Å². The largest absolute Gasteiger partial charge is 0.323 e. The van der Waals surface area contributed by atoms with E-state index in [9.17, 15) is 18.4 Å². The van der Waals surface area contributed by atoms with E-state index in [-0.39, 0.29) is 18.1 Å². The quantitative estimate of drug-likeness (QED) is 0.525. The first-order chi connectivity index (χ1) is 15.9. The van der Waals surface area contributed by atoms with Gasteiger partial charge in [0.2, 0.25) is 0 Å². The van der Waals surface area contributed by atoms with Gasteiger partial charge < -0.3 is 10.2 Å². The SMILES string of the molecule is O=C(Nc1ccc(F)cc1F)N1CCS[C@]12C(=O)N(Cc1ccccc1Cl)c1ccccc12.